The molecule has 0 aliphatic heterocycles. The lowest BCUT2D eigenvalue weighted by atomic mass is 9.89. The lowest BCUT2D eigenvalue weighted by Crippen LogP contribution is -2.26. The topological polar surface area (TPSA) is 24.9 Å². The predicted molar refractivity (Wildman–Crippen MR) is 92.6 cm³/mol. The first-order valence-corrected chi connectivity index (χ1v) is 8.93. The van der Waals surface area contributed by atoms with Crippen LogP contribution in [0, 0.1) is 5.92 Å². The zero-order valence-electron chi connectivity index (χ0n) is 14.5. The van der Waals surface area contributed by atoms with E-state index in [0.29, 0.717) is 6.04 Å². The molecule has 0 saturated carbocycles. The summed E-state index contributed by atoms with van der Waals surface area (Å²) in [6, 6.07) is 4.71. The minimum Gasteiger partial charge on any atom is -0.309 e. The highest BCUT2D eigenvalue weighted by Gasteiger charge is 2.19. The van der Waals surface area contributed by atoms with Crippen LogP contribution in [0.3, 0.4) is 0 Å². The molecule has 0 fully saturated rings. The zero-order chi connectivity index (χ0) is 15.5. The number of aromatic nitrogens is 1. The van der Waals surface area contributed by atoms with Crippen LogP contribution >= 0.6 is 0 Å². The van der Waals surface area contributed by atoms with Crippen molar-refractivity contribution in [1.82, 2.24) is 10.3 Å². The van der Waals surface area contributed by atoms with Crippen LogP contribution in [0.5, 0.6) is 0 Å². The van der Waals surface area contributed by atoms with Crippen molar-refractivity contribution >= 4 is 0 Å². The molecule has 2 unspecified atom stereocenters. The summed E-state index contributed by atoms with van der Waals surface area (Å²) in [6.07, 6.45) is 10.7. The second-order valence-electron chi connectivity index (χ2n) is 6.06. The van der Waals surface area contributed by atoms with Gasteiger partial charge in [0.15, 0.2) is 0 Å². The average molecular weight is 290 g/mol. The molecular formula is C19H34N2. The Morgan fingerprint density at radius 3 is 2.57 bits per heavy atom. The van der Waals surface area contributed by atoms with E-state index in [1.807, 2.05) is 6.20 Å². The summed E-state index contributed by atoms with van der Waals surface area (Å²) in [5.74, 6) is 0.811. The van der Waals surface area contributed by atoms with Crippen LogP contribution in [-0.2, 0) is 6.42 Å². The van der Waals surface area contributed by atoms with E-state index in [-0.39, 0.29) is 0 Å². The fourth-order valence-electron chi connectivity index (χ4n) is 2.99. The molecule has 0 bridgehead atoms. The van der Waals surface area contributed by atoms with E-state index in [0.717, 1.165) is 18.9 Å². The lowest BCUT2D eigenvalue weighted by molar-refractivity contribution is 0.348. The van der Waals surface area contributed by atoms with Crippen LogP contribution in [0.25, 0.3) is 0 Å². The Balaban J connectivity index is 2.83. The van der Waals surface area contributed by atoms with Gasteiger partial charge in [0.1, 0.15) is 0 Å². The SMILES string of the molecule is CCCCC(CC)CC(NCCC)c1ncccc1CC. The molecule has 21 heavy (non-hydrogen) atoms. The largest absolute Gasteiger partial charge is 0.309 e. The van der Waals surface area contributed by atoms with Crippen LogP contribution < -0.4 is 5.32 Å². The summed E-state index contributed by atoms with van der Waals surface area (Å²) in [5, 5.41) is 3.74. The smallest absolute Gasteiger partial charge is 0.0605 e. The highest BCUT2D eigenvalue weighted by molar-refractivity contribution is 5.23. The number of aryl methyl sites for hydroxylation is 1. The van der Waals surface area contributed by atoms with Gasteiger partial charge in [0, 0.05) is 6.20 Å². The number of nitrogens with zero attached hydrogens (tertiary/aromatic N) is 1. The molecule has 1 heterocycles. The molecule has 0 aliphatic carbocycles. The summed E-state index contributed by atoms with van der Waals surface area (Å²) in [4.78, 5) is 4.71. The van der Waals surface area contributed by atoms with Crippen molar-refractivity contribution < 1.29 is 0 Å². The van der Waals surface area contributed by atoms with Gasteiger partial charge in [0.25, 0.3) is 0 Å². The molecule has 1 N–H and O–H groups in total. The van der Waals surface area contributed by atoms with E-state index < -0.39 is 0 Å². The van der Waals surface area contributed by atoms with Crippen LogP contribution in [0.4, 0.5) is 0 Å². The van der Waals surface area contributed by atoms with Gasteiger partial charge in [-0.05, 0) is 43.4 Å². The normalized spacial score (nSPS) is 14.1. The molecule has 2 nitrogen and oxygen atoms in total. The maximum Gasteiger partial charge on any atom is 0.0605 e. The van der Waals surface area contributed by atoms with E-state index in [2.05, 4.69) is 45.1 Å². The van der Waals surface area contributed by atoms with Crippen LogP contribution in [0.1, 0.15) is 83.5 Å². The Hall–Kier alpha value is -0.890. The first-order valence-electron chi connectivity index (χ1n) is 8.93. The molecule has 0 aromatic carbocycles. The maximum absolute atomic E-state index is 4.71. The maximum atomic E-state index is 4.71. The number of pyridine rings is 1. The summed E-state index contributed by atoms with van der Waals surface area (Å²) < 4.78 is 0. The fraction of sp³-hybridized carbons (Fsp3) is 0.737. The number of rotatable bonds is 11. The quantitative estimate of drug-likeness (QED) is 0.599. The Bertz CT molecular complexity index is 376. The Kier molecular flexibility index (Phi) is 9.32. The fourth-order valence-corrected chi connectivity index (χ4v) is 2.99. The molecular weight excluding hydrogens is 256 g/mol. The summed E-state index contributed by atoms with van der Waals surface area (Å²) in [6.45, 7) is 10.2. The first-order chi connectivity index (χ1) is 10.3. The second-order valence-corrected chi connectivity index (χ2v) is 6.06. The second kappa shape index (κ2) is 10.8. The Morgan fingerprint density at radius 1 is 1.14 bits per heavy atom. The van der Waals surface area contributed by atoms with Gasteiger partial charge in [-0.25, -0.2) is 0 Å². The zero-order valence-corrected chi connectivity index (χ0v) is 14.5. The molecule has 1 aromatic heterocycles. The summed E-state index contributed by atoms with van der Waals surface area (Å²) >= 11 is 0. The minimum absolute atomic E-state index is 0.419. The van der Waals surface area contributed by atoms with E-state index in [1.165, 1.54) is 49.8 Å². The van der Waals surface area contributed by atoms with Gasteiger partial charge in [-0.1, -0.05) is 59.4 Å². The number of hydrogen-bond acceptors (Lipinski definition) is 2. The minimum atomic E-state index is 0.419. The van der Waals surface area contributed by atoms with Crippen LogP contribution in [0.2, 0.25) is 0 Å². The summed E-state index contributed by atoms with van der Waals surface area (Å²) in [7, 11) is 0. The Labute approximate surface area is 131 Å². The molecule has 2 heteroatoms. The number of nitrogens with one attached hydrogen (secondary N) is 1. The van der Waals surface area contributed by atoms with Crippen molar-refractivity contribution in [2.24, 2.45) is 5.92 Å². The highest BCUT2D eigenvalue weighted by atomic mass is 14.9. The van der Waals surface area contributed by atoms with Crippen molar-refractivity contribution in [3.8, 4) is 0 Å². The van der Waals surface area contributed by atoms with Crippen LogP contribution in [-0.4, -0.2) is 11.5 Å². The van der Waals surface area contributed by atoms with Gasteiger partial charge in [0.2, 0.25) is 0 Å². The molecule has 0 spiro atoms. The standard InChI is InChI=1S/C19H34N2/c1-5-9-11-16(7-3)15-18(20-13-6-2)19-17(8-4)12-10-14-21-19/h10,12,14,16,18,20H,5-9,11,13,15H2,1-4H3. The van der Waals surface area contributed by atoms with Gasteiger partial charge in [-0.15, -0.1) is 0 Å². The predicted octanol–water partition coefficient (Wildman–Crippen LogP) is 5.29. The third-order valence-corrected chi connectivity index (χ3v) is 4.39. The molecule has 0 radical (unpaired) electrons. The van der Waals surface area contributed by atoms with Crippen molar-refractivity contribution in [3.63, 3.8) is 0 Å². The first kappa shape index (κ1) is 18.2. The third kappa shape index (κ3) is 6.17. The van der Waals surface area contributed by atoms with Gasteiger partial charge in [-0.3, -0.25) is 4.98 Å². The molecule has 0 amide bonds. The molecule has 1 rings (SSSR count). The highest BCUT2D eigenvalue weighted by Crippen LogP contribution is 2.27. The van der Waals surface area contributed by atoms with Crippen LogP contribution in [0.15, 0.2) is 18.3 Å². The van der Waals surface area contributed by atoms with Crippen molar-refractivity contribution in [3.05, 3.63) is 29.6 Å². The van der Waals surface area contributed by atoms with Crippen molar-refractivity contribution in [2.45, 2.75) is 78.7 Å². The lowest BCUT2D eigenvalue weighted by Gasteiger charge is -2.25. The van der Waals surface area contributed by atoms with Gasteiger partial charge in [0.05, 0.1) is 11.7 Å². The van der Waals surface area contributed by atoms with Crippen molar-refractivity contribution in [2.75, 3.05) is 6.54 Å². The monoisotopic (exact) mass is 290 g/mol. The molecule has 1 aromatic rings. The average Bonchev–Trinajstić information content (AvgIpc) is 2.54. The molecule has 2 atom stereocenters. The number of hydrogen-bond donors (Lipinski definition) is 1. The van der Waals surface area contributed by atoms with E-state index in [9.17, 15) is 0 Å². The van der Waals surface area contributed by atoms with Gasteiger partial charge in [-0.2, -0.15) is 0 Å². The Morgan fingerprint density at radius 2 is 1.95 bits per heavy atom. The van der Waals surface area contributed by atoms with E-state index in [1.54, 1.807) is 0 Å². The van der Waals surface area contributed by atoms with Gasteiger partial charge >= 0.3 is 0 Å². The molecule has 0 saturated heterocycles. The third-order valence-electron chi connectivity index (χ3n) is 4.39. The van der Waals surface area contributed by atoms with E-state index in [4.69, 9.17) is 4.98 Å². The van der Waals surface area contributed by atoms with E-state index >= 15 is 0 Å². The molecule has 0 aliphatic rings. The van der Waals surface area contributed by atoms with Gasteiger partial charge < -0.3 is 5.32 Å². The van der Waals surface area contributed by atoms with Crippen molar-refractivity contribution in [1.29, 1.82) is 0 Å². The molecule has 120 valence electrons. The summed E-state index contributed by atoms with van der Waals surface area (Å²) in [5.41, 5.74) is 2.68. The number of unbranched alkanes of at least 4 members (excludes halogenated alkanes) is 1.